The van der Waals surface area contributed by atoms with Gasteiger partial charge in [-0.25, -0.2) is 4.79 Å². The van der Waals surface area contributed by atoms with Crippen LogP contribution in [0, 0.1) is 13.8 Å². The first-order valence-electron chi connectivity index (χ1n) is 7.18. The molecule has 5 nitrogen and oxygen atoms in total. The number of hydrogen-bond donors (Lipinski definition) is 0. The zero-order valence-corrected chi connectivity index (χ0v) is 13.0. The molecule has 2 rings (SSSR count). The lowest BCUT2D eigenvalue weighted by atomic mass is 9.88. The van der Waals surface area contributed by atoms with Crippen LogP contribution in [0.5, 0.6) is 0 Å². The quantitative estimate of drug-likeness (QED) is 0.791. The molecule has 112 valence electrons. The fraction of sp³-hybridized carbons (Fsp3) is 0.733. The van der Waals surface area contributed by atoms with Crippen molar-refractivity contribution in [3.05, 3.63) is 17.0 Å². The van der Waals surface area contributed by atoms with E-state index in [1.807, 2.05) is 34.6 Å². The number of likely N-dealkylation sites (tertiary alicyclic amines) is 1. The first-order valence-corrected chi connectivity index (χ1v) is 7.18. The summed E-state index contributed by atoms with van der Waals surface area (Å²) in [6.45, 7) is 11.1. The first kappa shape index (κ1) is 14.9. The third-order valence-electron chi connectivity index (χ3n) is 3.64. The summed E-state index contributed by atoms with van der Waals surface area (Å²) in [5, 5.41) is 4.01. The molecule has 5 heteroatoms. The van der Waals surface area contributed by atoms with E-state index < -0.39 is 5.60 Å². The van der Waals surface area contributed by atoms with Gasteiger partial charge in [0, 0.05) is 18.7 Å². The van der Waals surface area contributed by atoms with E-state index in [0.29, 0.717) is 5.92 Å². The molecule has 1 aromatic rings. The predicted molar refractivity (Wildman–Crippen MR) is 75.8 cm³/mol. The van der Waals surface area contributed by atoms with Crippen molar-refractivity contribution >= 4 is 6.09 Å². The zero-order valence-electron chi connectivity index (χ0n) is 13.0. The second-order valence-corrected chi connectivity index (χ2v) is 6.48. The van der Waals surface area contributed by atoms with Crippen molar-refractivity contribution < 1.29 is 14.1 Å². The van der Waals surface area contributed by atoms with Crippen LogP contribution in [-0.2, 0) is 4.74 Å². The van der Waals surface area contributed by atoms with Gasteiger partial charge in [0.2, 0.25) is 0 Å². The summed E-state index contributed by atoms with van der Waals surface area (Å²) in [6, 6.07) is 0. The van der Waals surface area contributed by atoms with Crippen LogP contribution in [0.2, 0.25) is 0 Å². The number of carbonyl (C=O) groups is 1. The predicted octanol–water partition coefficient (Wildman–Crippen LogP) is 3.41. The Morgan fingerprint density at radius 3 is 2.35 bits per heavy atom. The summed E-state index contributed by atoms with van der Waals surface area (Å²) in [6.07, 6.45) is 1.65. The van der Waals surface area contributed by atoms with Crippen LogP contribution < -0.4 is 0 Å². The van der Waals surface area contributed by atoms with Gasteiger partial charge in [-0.2, -0.15) is 0 Å². The Morgan fingerprint density at radius 2 is 1.90 bits per heavy atom. The van der Waals surface area contributed by atoms with Crippen LogP contribution in [-0.4, -0.2) is 34.8 Å². The average molecular weight is 280 g/mol. The standard InChI is InChI=1S/C15H24N2O3/c1-10-13(11(2)20-16-10)12-6-8-17(9-7-12)14(18)19-15(3,4)5/h12H,6-9H2,1-5H3. The number of ether oxygens (including phenoxy) is 1. The summed E-state index contributed by atoms with van der Waals surface area (Å²) in [7, 11) is 0. The Hall–Kier alpha value is -1.52. The Morgan fingerprint density at radius 1 is 1.30 bits per heavy atom. The average Bonchev–Trinajstić information content (AvgIpc) is 2.67. The second kappa shape index (κ2) is 5.46. The van der Waals surface area contributed by atoms with Gasteiger partial charge < -0.3 is 14.2 Å². The first-order chi connectivity index (χ1) is 9.28. The lowest BCUT2D eigenvalue weighted by molar-refractivity contribution is 0.0204. The molecule has 1 aliphatic rings. The van der Waals surface area contributed by atoms with E-state index in [2.05, 4.69) is 5.16 Å². The van der Waals surface area contributed by atoms with E-state index in [1.165, 1.54) is 5.56 Å². The molecule has 1 fully saturated rings. The highest BCUT2D eigenvalue weighted by Crippen LogP contribution is 2.32. The third-order valence-corrected chi connectivity index (χ3v) is 3.64. The topological polar surface area (TPSA) is 55.6 Å². The summed E-state index contributed by atoms with van der Waals surface area (Å²) in [5.41, 5.74) is 1.75. The summed E-state index contributed by atoms with van der Waals surface area (Å²) in [4.78, 5) is 13.8. The lowest BCUT2D eigenvalue weighted by Gasteiger charge is -2.33. The van der Waals surface area contributed by atoms with Gasteiger partial charge in [0.1, 0.15) is 11.4 Å². The van der Waals surface area contributed by atoms with Crippen LogP contribution in [0.4, 0.5) is 4.79 Å². The van der Waals surface area contributed by atoms with Gasteiger partial charge in [0.05, 0.1) is 5.69 Å². The fourth-order valence-corrected chi connectivity index (χ4v) is 2.75. The highest BCUT2D eigenvalue weighted by atomic mass is 16.6. The van der Waals surface area contributed by atoms with E-state index in [0.717, 1.165) is 37.4 Å². The van der Waals surface area contributed by atoms with Gasteiger partial charge >= 0.3 is 6.09 Å². The smallest absolute Gasteiger partial charge is 0.410 e. The number of carbonyl (C=O) groups excluding carboxylic acids is 1. The van der Waals surface area contributed by atoms with E-state index in [-0.39, 0.29) is 6.09 Å². The summed E-state index contributed by atoms with van der Waals surface area (Å²) < 4.78 is 10.6. The highest BCUT2D eigenvalue weighted by molar-refractivity contribution is 5.68. The van der Waals surface area contributed by atoms with E-state index in [4.69, 9.17) is 9.26 Å². The molecule has 0 spiro atoms. The molecule has 1 saturated heterocycles. The van der Waals surface area contributed by atoms with Gasteiger partial charge in [-0.3, -0.25) is 0 Å². The van der Waals surface area contributed by atoms with E-state index in [1.54, 1.807) is 4.90 Å². The number of piperidine rings is 1. The SMILES string of the molecule is Cc1noc(C)c1C1CCN(C(=O)OC(C)(C)C)CC1. The Kier molecular flexibility index (Phi) is 4.06. The maximum absolute atomic E-state index is 12.0. The number of aryl methyl sites for hydroxylation is 2. The summed E-state index contributed by atoms with van der Waals surface area (Å²) >= 11 is 0. The van der Waals surface area contributed by atoms with Crippen molar-refractivity contribution in [1.29, 1.82) is 0 Å². The van der Waals surface area contributed by atoms with Crippen LogP contribution in [0.1, 0.15) is 56.5 Å². The minimum atomic E-state index is -0.435. The largest absolute Gasteiger partial charge is 0.444 e. The molecule has 1 amide bonds. The lowest BCUT2D eigenvalue weighted by Crippen LogP contribution is -2.41. The maximum Gasteiger partial charge on any atom is 0.410 e. The number of nitrogens with zero attached hydrogens (tertiary/aromatic N) is 2. The van der Waals surface area contributed by atoms with Crippen molar-refractivity contribution in [1.82, 2.24) is 10.1 Å². The van der Waals surface area contributed by atoms with Gasteiger partial charge in [0.15, 0.2) is 0 Å². The monoisotopic (exact) mass is 280 g/mol. The van der Waals surface area contributed by atoms with Crippen molar-refractivity contribution in [2.24, 2.45) is 0 Å². The van der Waals surface area contributed by atoms with Crippen molar-refractivity contribution in [3.63, 3.8) is 0 Å². The van der Waals surface area contributed by atoms with Crippen LogP contribution in [0.25, 0.3) is 0 Å². The molecule has 0 N–H and O–H groups in total. The van der Waals surface area contributed by atoms with Crippen molar-refractivity contribution in [2.75, 3.05) is 13.1 Å². The van der Waals surface area contributed by atoms with Gasteiger partial charge in [-0.1, -0.05) is 5.16 Å². The van der Waals surface area contributed by atoms with Crippen LogP contribution in [0.3, 0.4) is 0 Å². The molecule has 2 heterocycles. The van der Waals surface area contributed by atoms with Gasteiger partial charge in [0.25, 0.3) is 0 Å². The fourth-order valence-electron chi connectivity index (χ4n) is 2.75. The minimum Gasteiger partial charge on any atom is -0.444 e. The number of aromatic nitrogens is 1. The molecule has 0 saturated carbocycles. The molecule has 20 heavy (non-hydrogen) atoms. The Balaban J connectivity index is 1.94. The number of rotatable bonds is 1. The number of amides is 1. The third kappa shape index (κ3) is 3.32. The molecule has 0 aliphatic carbocycles. The van der Waals surface area contributed by atoms with Crippen molar-refractivity contribution in [3.8, 4) is 0 Å². The molecule has 1 aliphatic heterocycles. The van der Waals surface area contributed by atoms with Gasteiger partial charge in [-0.05, 0) is 53.4 Å². The molecule has 0 bridgehead atoms. The van der Waals surface area contributed by atoms with E-state index in [9.17, 15) is 4.79 Å². The molecule has 0 radical (unpaired) electrons. The summed E-state index contributed by atoms with van der Waals surface area (Å²) in [5.74, 6) is 1.33. The van der Waals surface area contributed by atoms with Gasteiger partial charge in [-0.15, -0.1) is 0 Å². The molecular weight excluding hydrogens is 256 g/mol. The molecule has 1 aromatic heterocycles. The molecular formula is C15H24N2O3. The zero-order chi connectivity index (χ0) is 14.9. The van der Waals surface area contributed by atoms with Crippen molar-refractivity contribution in [2.45, 2.75) is 59.0 Å². The Labute approximate surface area is 120 Å². The second-order valence-electron chi connectivity index (χ2n) is 6.48. The molecule has 0 unspecified atom stereocenters. The molecule has 0 atom stereocenters. The number of hydrogen-bond acceptors (Lipinski definition) is 4. The Bertz CT molecular complexity index is 460. The highest BCUT2D eigenvalue weighted by Gasteiger charge is 2.29. The molecule has 0 aromatic carbocycles. The normalized spacial score (nSPS) is 17.4. The van der Waals surface area contributed by atoms with E-state index >= 15 is 0 Å². The van der Waals surface area contributed by atoms with Crippen LogP contribution >= 0.6 is 0 Å². The minimum absolute atomic E-state index is 0.213. The maximum atomic E-state index is 12.0. The van der Waals surface area contributed by atoms with Crippen LogP contribution in [0.15, 0.2) is 4.52 Å².